The number of hydrogen-bond donors (Lipinski definition) is 2. The summed E-state index contributed by atoms with van der Waals surface area (Å²) in [7, 11) is -3.19. The average Bonchev–Trinajstić information content (AvgIpc) is 2.80. The van der Waals surface area contributed by atoms with Gasteiger partial charge in [-0.15, -0.1) is 0 Å². The first-order valence-corrected chi connectivity index (χ1v) is 5.91. The number of nitrogens with one attached hydrogen (secondary N) is 1. The highest BCUT2D eigenvalue weighted by atomic mass is 32.2. The summed E-state index contributed by atoms with van der Waals surface area (Å²) in [5.74, 6) is 0. The smallest absolute Gasteiger partial charge is 0.214 e. The second-order valence-electron chi connectivity index (χ2n) is 3.57. The summed E-state index contributed by atoms with van der Waals surface area (Å²) in [5, 5.41) is 9.07. The molecule has 1 saturated carbocycles. The van der Waals surface area contributed by atoms with Crippen LogP contribution in [-0.4, -0.2) is 44.1 Å². The lowest BCUT2D eigenvalue weighted by molar-refractivity contribution is 0.124. The van der Waals surface area contributed by atoms with Crippen molar-refractivity contribution in [3.8, 4) is 0 Å². The first kappa shape index (κ1) is 9.39. The minimum atomic E-state index is -3.19. The molecule has 0 unspecified atom stereocenters. The van der Waals surface area contributed by atoms with Crippen molar-refractivity contribution in [2.75, 3.05) is 13.2 Å². The number of aliphatic hydroxyl groups excluding tert-OH is 1. The molecule has 2 atom stereocenters. The molecule has 0 aromatic rings. The van der Waals surface area contributed by atoms with Crippen molar-refractivity contribution in [3.63, 3.8) is 0 Å². The predicted octanol–water partition coefficient (Wildman–Crippen LogP) is -1.17. The molecule has 1 saturated heterocycles. The van der Waals surface area contributed by atoms with E-state index >= 15 is 0 Å². The van der Waals surface area contributed by atoms with Gasteiger partial charge < -0.3 is 9.84 Å². The second-order valence-corrected chi connectivity index (χ2v) is 5.57. The van der Waals surface area contributed by atoms with E-state index in [0.717, 1.165) is 12.8 Å². The number of hydrogen-bond acceptors (Lipinski definition) is 4. The van der Waals surface area contributed by atoms with Crippen LogP contribution in [0.3, 0.4) is 0 Å². The van der Waals surface area contributed by atoms with E-state index in [1.54, 1.807) is 0 Å². The summed E-state index contributed by atoms with van der Waals surface area (Å²) in [5.41, 5.74) is 0. The molecular weight excluding hydrogens is 194 g/mol. The zero-order chi connectivity index (χ0) is 9.47. The second kappa shape index (κ2) is 3.20. The van der Waals surface area contributed by atoms with Gasteiger partial charge in [-0.2, -0.15) is 0 Å². The van der Waals surface area contributed by atoms with Gasteiger partial charge in [0.05, 0.1) is 30.6 Å². The third-order valence-electron chi connectivity index (χ3n) is 2.33. The fourth-order valence-electron chi connectivity index (χ4n) is 1.34. The van der Waals surface area contributed by atoms with Crippen molar-refractivity contribution in [2.45, 2.75) is 30.2 Å². The summed E-state index contributed by atoms with van der Waals surface area (Å²) in [6, 6.07) is -0.453. The Hall–Kier alpha value is -0.170. The predicted molar refractivity (Wildman–Crippen MR) is 45.7 cm³/mol. The van der Waals surface area contributed by atoms with Crippen molar-refractivity contribution >= 4 is 10.0 Å². The Labute approximate surface area is 77.1 Å². The molecule has 5 nitrogen and oxygen atoms in total. The molecule has 2 N–H and O–H groups in total. The number of ether oxygens (including phenoxy) is 1. The van der Waals surface area contributed by atoms with E-state index in [-0.39, 0.29) is 18.5 Å². The van der Waals surface area contributed by atoms with Gasteiger partial charge in [-0.1, -0.05) is 0 Å². The van der Waals surface area contributed by atoms with E-state index < -0.39 is 22.2 Å². The van der Waals surface area contributed by atoms with Gasteiger partial charge in [0.2, 0.25) is 10.0 Å². The van der Waals surface area contributed by atoms with E-state index in [1.165, 1.54) is 0 Å². The maximum Gasteiger partial charge on any atom is 0.214 e. The van der Waals surface area contributed by atoms with Crippen molar-refractivity contribution < 1.29 is 18.3 Å². The highest BCUT2D eigenvalue weighted by Crippen LogP contribution is 2.28. The van der Waals surface area contributed by atoms with Gasteiger partial charge in [-0.25, -0.2) is 13.1 Å². The minimum absolute atomic E-state index is 0.220. The van der Waals surface area contributed by atoms with Crippen LogP contribution in [0.2, 0.25) is 0 Å². The summed E-state index contributed by atoms with van der Waals surface area (Å²) in [4.78, 5) is 0. The minimum Gasteiger partial charge on any atom is -0.389 e. The molecule has 0 radical (unpaired) electrons. The SMILES string of the molecule is O=S(=O)(N[C@@H]1COC[C@H]1O)C1CC1. The topological polar surface area (TPSA) is 75.6 Å². The molecule has 1 aliphatic carbocycles. The van der Waals surface area contributed by atoms with Gasteiger partial charge in [0.1, 0.15) is 0 Å². The molecule has 0 bridgehead atoms. The molecule has 76 valence electrons. The fraction of sp³-hybridized carbons (Fsp3) is 1.00. The molecule has 2 rings (SSSR count). The Kier molecular flexibility index (Phi) is 2.31. The van der Waals surface area contributed by atoms with Crippen LogP contribution in [0, 0.1) is 0 Å². The quantitative estimate of drug-likeness (QED) is 0.611. The van der Waals surface area contributed by atoms with Crippen LogP contribution < -0.4 is 4.72 Å². The van der Waals surface area contributed by atoms with E-state index in [4.69, 9.17) is 4.74 Å². The summed E-state index contributed by atoms with van der Waals surface area (Å²) < 4.78 is 30.2. The van der Waals surface area contributed by atoms with E-state index in [0.29, 0.717) is 0 Å². The molecule has 0 aromatic heterocycles. The first-order chi connectivity index (χ1) is 6.09. The van der Waals surface area contributed by atoms with Crippen molar-refractivity contribution in [2.24, 2.45) is 0 Å². The average molecular weight is 207 g/mol. The molecule has 2 fully saturated rings. The normalized spacial score (nSPS) is 35.2. The van der Waals surface area contributed by atoms with Crippen LogP contribution in [-0.2, 0) is 14.8 Å². The summed E-state index contributed by atoms with van der Waals surface area (Å²) in [6.07, 6.45) is 0.770. The lowest BCUT2D eigenvalue weighted by Gasteiger charge is -2.13. The Balaban J connectivity index is 1.96. The maximum atomic E-state index is 11.4. The summed E-state index contributed by atoms with van der Waals surface area (Å²) >= 11 is 0. The number of aliphatic hydroxyl groups is 1. The van der Waals surface area contributed by atoms with Gasteiger partial charge in [-0.05, 0) is 12.8 Å². The number of sulfonamides is 1. The Morgan fingerprint density at radius 3 is 2.46 bits per heavy atom. The highest BCUT2D eigenvalue weighted by Gasteiger charge is 2.39. The first-order valence-electron chi connectivity index (χ1n) is 4.36. The lowest BCUT2D eigenvalue weighted by Crippen LogP contribution is -2.43. The lowest BCUT2D eigenvalue weighted by atomic mass is 10.2. The molecule has 2 aliphatic rings. The van der Waals surface area contributed by atoms with Crippen LogP contribution >= 0.6 is 0 Å². The zero-order valence-corrected chi connectivity index (χ0v) is 7.96. The van der Waals surface area contributed by atoms with E-state index in [9.17, 15) is 13.5 Å². The molecule has 1 heterocycles. The standard InChI is InChI=1S/C7H13NO4S/c9-7-4-12-3-6(7)8-13(10,11)5-1-2-5/h5-9H,1-4H2/t6-,7-/m1/s1. The van der Waals surface area contributed by atoms with Gasteiger partial charge >= 0.3 is 0 Å². The molecule has 0 spiro atoms. The van der Waals surface area contributed by atoms with Gasteiger partial charge in [0, 0.05) is 0 Å². The van der Waals surface area contributed by atoms with E-state index in [2.05, 4.69) is 4.72 Å². The van der Waals surface area contributed by atoms with Gasteiger partial charge in [-0.3, -0.25) is 0 Å². The molecule has 6 heteroatoms. The molecular formula is C7H13NO4S. The molecule has 1 aliphatic heterocycles. The zero-order valence-electron chi connectivity index (χ0n) is 7.14. The van der Waals surface area contributed by atoms with Crippen molar-refractivity contribution in [1.29, 1.82) is 0 Å². The fourth-order valence-corrected chi connectivity index (χ4v) is 2.94. The van der Waals surface area contributed by atoms with Gasteiger partial charge in [0.15, 0.2) is 0 Å². The Bertz CT molecular complexity index is 285. The van der Waals surface area contributed by atoms with Crippen molar-refractivity contribution in [3.05, 3.63) is 0 Å². The van der Waals surface area contributed by atoms with Gasteiger partial charge in [0.25, 0.3) is 0 Å². The van der Waals surface area contributed by atoms with Crippen molar-refractivity contribution in [1.82, 2.24) is 4.72 Å². The van der Waals surface area contributed by atoms with Crippen LogP contribution in [0.5, 0.6) is 0 Å². The van der Waals surface area contributed by atoms with E-state index in [1.807, 2.05) is 0 Å². The Morgan fingerprint density at radius 2 is 2.00 bits per heavy atom. The third-order valence-corrected chi connectivity index (χ3v) is 4.31. The third kappa shape index (κ3) is 2.01. The van der Waals surface area contributed by atoms with Crippen LogP contribution in [0.25, 0.3) is 0 Å². The Morgan fingerprint density at radius 1 is 1.31 bits per heavy atom. The monoisotopic (exact) mass is 207 g/mol. The molecule has 0 aromatic carbocycles. The van der Waals surface area contributed by atoms with Crippen LogP contribution in [0.15, 0.2) is 0 Å². The van der Waals surface area contributed by atoms with Crippen LogP contribution in [0.4, 0.5) is 0 Å². The maximum absolute atomic E-state index is 11.4. The molecule has 0 amide bonds. The van der Waals surface area contributed by atoms with Crippen LogP contribution in [0.1, 0.15) is 12.8 Å². The highest BCUT2D eigenvalue weighted by molar-refractivity contribution is 7.90. The molecule has 13 heavy (non-hydrogen) atoms. The summed E-state index contributed by atoms with van der Waals surface area (Å²) in [6.45, 7) is 0.491. The largest absolute Gasteiger partial charge is 0.389 e. The number of rotatable bonds is 3.